The minimum Gasteiger partial charge on any atom is -0.492 e. The van der Waals surface area contributed by atoms with Gasteiger partial charge in [-0.25, -0.2) is 8.42 Å². The highest BCUT2D eigenvalue weighted by Gasteiger charge is 2.26. The second kappa shape index (κ2) is 13.7. The number of ether oxygens (including phenoxy) is 1. The average Bonchev–Trinajstić information content (AvgIpc) is 3.37. The molecule has 228 valence electrons. The molecule has 3 aromatic carbocycles. The molecule has 12 heteroatoms. The highest BCUT2D eigenvalue weighted by molar-refractivity contribution is 7.89. The van der Waals surface area contributed by atoms with Gasteiger partial charge in [0.15, 0.2) is 5.57 Å². The number of rotatable bonds is 8. The molecule has 0 radical (unpaired) electrons. The van der Waals surface area contributed by atoms with E-state index in [9.17, 15) is 23.3 Å². The van der Waals surface area contributed by atoms with Gasteiger partial charge in [0, 0.05) is 18.8 Å². The molecule has 1 saturated heterocycles. The number of sulfonamides is 1. The fraction of sp³-hybridized carbons (Fsp3) is 0.212. The zero-order chi connectivity index (χ0) is 32.0. The Morgan fingerprint density at radius 2 is 1.76 bits per heavy atom. The molecule has 1 amide bonds. The van der Waals surface area contributed by atoms with Gasteiger partial charge < -0.3 is 10.1 Å². The van der Waals surface area contributed by atoms with Crippen LogP contribution in [0.1, 0.15) is 37.3 Å². The lowest BCUT2D eigenvalue weighted by atomic mass is 10.1. The largest absolute Gasteiger partial charge is 0.492 e. The Bertz CT molecular complexity index is 2120. The summed E-state index contributed by atoms with van der Waals surface area (Å²) >= 11 is 0.962. The first-order valence-electron chi connectivity index (χ1n) is 14.3. The summed E-state index contributed by atoms with van der Waals surface area (Å²) in [6.45, 7) is 3.00. The molecule has 0 spiro atoms. The zero-order valence-electron chi connectivity index (χ0n) is 24.4. The van der Waals surface area contributed by atoms with Crippen LogP contribution in [0.4, 0.5) is 5.69 Å². The van der Waals surface area contributed by atoms with Crippen molar-refractivity contribution in [2.75, 3.05) is 25.0 Å². The minimum atomic E-state index is -3.76. The van der Waals surface area contributed by atoms with Crippen molar-refractivity contribution in [3.63, 3.8) is 0 Å². The van der Waals surface area contributed by atoms with Gasteiger partial charge >= 0.3 is 0 Å². The topological polar surface area (TPSA) is 145 Å². The van der Waals surface area contributed by atoms with Crippen molar-refractivity contribution in [3.8, 4) is 23.6 Å². The standard InChI is InChI=1S/C33H29N5O5S2/c1-2-43-29-12-5-4-11-28(29)38-32(40)30(19-23-13-15-24(21-34)16-14-23)44-33(38)27(22-35)31(39)36-25-9-8-10-26(20-25)45(41,42)37-17-6-3-7-18-37/h4-5,8-16,19-20H,2-3,6-7,17-18H2,1H3,(H,36,39)/b30-19+,33-27-. The predicted molar refractivity (Wildman–Crippen MR) is 172 cm³/mol. The third kappa shape index (κ3) is 6.74. The van der Waals surface area contributed by atoms with Crippen LogP contribution in [0.3, 0.4) is 0 Å². The highest BCUT2D eigenvalue weighted by atomic mass is 32.2. The Labute approximate surface area is 264 Å². The van der Waals surface area contributed by atoms with Gasteiger partial charge in [0.05, 0.1) is 33.4 Å². The summed E-state index contributed by atoms with van der Waals surface area (Å²) in [5.41, 5.74) is 0.847. The van der Waals surface area contributed by atoms with E-state index in [4.69, 9.17) is 10.00 Å². The number of piperidine rings is 1. The molecule has 1 aliphatic heterocycles. The zero-order valence-corrected chi connectivity index (χ0v) is 26.0. The van der Waals surface area contributed by atoms with Gasteiger partial charge in [0.1, 0.15) is 16.5 Å². The summed E-state index contributed by atoms with van der Waals surface area (Å²) < 4.78 is 35.3. The van der Waals surface area contributed by atoms with Crippen LogP contribution in [-0.4, -0.2) is 42.9 Å². The first kappa shape index (κ1) is 31.4. The van der Waals surface area contributed by atoms with Gasteiger partial charge in [0.2, 0.25) is 10.0 Å². The maximum absolute atomic E-state index is 13.9. The Morgan fingerprint density at radius 3 is 2.44 bits per heavy atom. The number of aromatic nitrogens is 1. The number of amides is 1. The monoisotopic (exact) mass is 639 g/mol. The van der Waals surface area contributed by atoms with E-state index in [1.165, 1.54) is 33.1 Å². The lowest BCUT2D eigenvalue weighted by Crippen LogP contribution is -2.35. The molecule has 1 fully saturated rings. The number of nitriles is 2. The van der Waals surface area contributed by atoms with E-state index in [1.54, 1.807) is 61.5 Å². The van der Waals surface area contributed by atoms with Gasteiger partial charge in [-0.15, -0.1) is 11.3 Å². The number of thiazole rings is 1. The first-order valence-corrected chi connectivity index (χ1v) is 16.5. The quantitative estimate of drug-likeness (QED) is 0.311. The van der Waals surface area contributed by atoms with Gasteiger partial charge in [0.25, 0.3) is 11.5 Å². The van der Waals surface area contributed by atoms with Crippen molar-refractivity contribution in [1.82, 2.24) is 8.87 Å². The molecule has 0 atom stereocenters. The third-order valence-corrected chi connectivity index (χ3v) is 10.2. The summed E-state index contributed by atoms with van der Waals surface area (Å²) in [6.07, 6.45) is 4.18. The lowest BCUT2D eigenvalue weighted by molar-refractivity contribution is -0.111. The van der Waals surface area contributed by atoms with Crippen molar-refractivity contribution in [1.29, 1.82) is 10.5 Å². The summed E-state index contributed by atoms with van der Waals surface area (Å²) in [7, 11) is -3.76. The maximum atomic E-state index is 13.9. The number of nitrogens with one attached hydrogen (secondary N) is 1. The Hall–Kier alpha value is -5.01. The molecule has 0 aliphatic carbocycles. The number of carbonyl (C=O) groups excluding carboxylic acids is 1. The van der Waals surface area contributed by atoms with E-state index in [1.807, 2.05) is 6.07 Å². The molecule has 2 heterocycles. The van der Waals surface area contributed by atoms with Crippen LogP contribution in [0.15, 0.2) is 82.5 Å². The molecule has 0 bridgehead atoms. The summed E-state index contributed by atoms with van der Waals surface area (Å²) in [6, 6.07) is 23.4. The SMILES string of the molecule is CCOc1ccccc1-n1c(=O)/c(=C\c2ccc(C#N)cc2)s/c1=C(/C#N)C(=O)Nc1cccc(S(=O)(=O)N2CCCCC2)c1. The lowest BCUT2D eigenvalue weighted by Gasteiger charge is -2.26. The number of nitrogens with zero attached hydrogens (tertiary/aromatic N) is 4. The van der Waals surface area contributed by atoms with Crippen LogP contribution in [0.25, 0.3) is 17.3 Å². The predicted octanol–water partition coefficient (Wildman–Crippen LogP) is 3.49. The number of para-hydroxylation sites is 2. The summed E-state index contributed by atoms with van der Waals surface area (Å²) in [5.74, 6) is -0.418. The summed E-state index contributed by atoms with van der Waals surface area (Å²) in [5, 5.41) is 22.0. The molecule has 0 saturated carbocycles. The molecule has 4 aromatic rings. The van der Waals surface area contributed by atoms with Gasteiger partial charge in [-0.2, -0.15) is 14.8 Å². The van der Waals surface area contributed by atoms with Gasteiger partial charge in [-0.05, 0) is 73.9 Å². The highest BCUT2D eigenvalue weighted by Crippen LogP contribution is 2.24. The molecular formula is C33H29N5O5S2. The summed E-state index contributed by atoms with van der Waals surface area (Å²) in [4.78, 5) is 27.6. The number of benzene rings is 3. The smallest absolute Gasteiger partial charge is 0.273 e. The van der Waals surface area contributed by atoms with Crippen molar-refractivity contribution >= 4 is 44.6 Å². The van der Waals surface area contributed by atoms with Crippen molar-refractivity contribution in [2.45, 2.75) is 31.1 Å². The Morgan fingerprint density at radius 1 is 1.02 bits per heavy atom. The van der Waals surface area contributed by atoms with Crippen LogP contribution in [0.5, 0.6) is 5.75 Å². The average molecular weight is 640 g/mol. The van der Waals surface area contributed by atoms with Crippen LogP contribution in [0, 0.1) is 22.7 Å². The van der Waals surface area contributed by atoms with E-state index in [0.717, 1.165) is 30.6 Å². The van der Waals surface area contributed by atoms with Crippen LogP contribution < -0.4 is 24.8 Å². The molecular weight excluding hydrogens is 611 g/mol. The van der Waals surface area contributed by atoms with E-state index in [0.29, 0.717) is 42.3 Å². The molecule has 1 aliphatic rings. The molecule has 1 N–H and O–H groups in total. The first-order chi connectivity index (χ1) is 21.8. The van der Waals surface area contributed by atoms with E-state index >= 15 is 0 Å². The number of hydrogen-bond donors (Lipinski definition) is 1. The number of hydrogen-bond acceptors (Lipinski definition) is 8. The maximum Gasteiger partial charge on any atom is 0.273 e. The Kier molecular flexibility index (Phi) is 9.59. The van der Waals surface area contributed by atoms with Crippen molar-refractivity contribution in [2.24, 2.45) is 0 Å². The van der Waals surface area contributed by atoms with E-state index < -0.39 is 21.5 Å². The van der Waals surface area contributed by atoms with Crippen LogP contribution in [0.2, 0.25) is 0 Å². The molecule has 5 rings (SSSR count). The van der Waals surface area contributed by atoms with Gasteiger partial charge in [-0.3, -0.25) is 14.2 Å². The van der Waals surface area contributed by atoms with Crippen LogP contribution >= 0.6 is 11.3 Å². The molecule has 1 aromatic heterocycles. The van der Waals surface area contributed by atoms with E-state index in [-0.39, 0.29) is 25.4 Å². The van der Waals surface area contributed by atoms with Crippen molar-refractivity contribution in [3.05, 3.63) is 103 Å². The second-order valence-electron chi connectivity index (χ2n) is 10.1. The molecule has 10 nitrogen and oxygen atoms in total. The third-order valence-electron chi connectivity index (χ3n) is 7.16. The Balaban J connectivity index is 1.63. The molecule has 0 unspecified atom stereocenters. The minimum absolute atomic E-state index is 0.0404. The van der Waals surface area contributed by atoms with Crippen molar-refractivity contribution < 1.29 is 17.9 Å². The van der Waals surface area contributed by atoms with Crippen LogP contribution in [-0.2, 0) is 14.8 Å². The molecule has 45 heavy (non-hydrogen) atoms. The number of anilines is 1. The number of carbonyl (C=O) groups is 1. The normalized spacial score (nSPS) is 14.7. The second-order valence-corrected chi connectivity index (χ2v) is 13.1. The fourth-order valence-electron chi connectivity index (χ4n) is 4.97. The van der Waals surface area contributed by atoms with Gasteiger partial charge in [-0.1, -0.05) is 36.8 Å². The fourth-order valence-corrected chi connectivity index (χ4v) is 7.63. The van der Waals surface area contributed by atoms with E-state index in [2.05, 4.69) is 11.4 Å².